The highest BCUT2D eigenvalue weighted by atomic mass is 16.6. The third-order valence-electron chi connectivity index (χ3n) is 3.87. The maximum absolute atomic E-state index is 12.1. The van der Waals surface area contributed by atoms with Crippen LogP contribution in [-0.2, 0) is 0 Å². The Kier molecular flexibility index (Phi) is 4.85. The maximum atomic E-state index is 12.1. The van der Waals surface area contributed by atoms with Crippen LogP contribution in [0.2, 0.25) is 0 Å². The van der Waals surface area contributed by atoms with Crippen LogP contribution < -0.4 is 14.9 Å². The van der Waals surface area contributed by atoms with Crippen LogP contribution in [0.1, 0.15) is 26.7 Å². The predicted octanol–water partition coefficient (Wildman–Crippen LogP) is 5.15. The Hall–Kier alpha value is -2.75. The zero-order chi connectivity index (χ0) is 16.9. The van der Waals surface area contributed by atoms with Crippen molar-refractivity contribution in [3.63, 3.8) is 0 Å². The molecule has 0 aliphatic carbocycles. The van der Waals surface area contributed by atoms with E-state index in [4.69, 9.17) is 13.9 Å². The summed E-state index contributed by atoms with van der Waals surface area (Å²) in [6.45, 7) is 4.21. The van der Waals surface area contributed by atoms with E-state index in [9.17, 15) is 4.79 Å². The summed E-state index contributed by atoms with van der Waals surface area (Å²) >= 11 is 0. The van der Waals surface area contributed by atoms with Crippen LogP contribution in [-0.4, -0.2) is 6.10 Å². The summed E-state index contributed by atoms with van der Waals surface area (Å²) in [5.74, 6) is 1.56. The van der Waals surface area contributed by atoms with Crippen LogP contribution in [0.15, 0.2) is 63.8 Å². The Morgan fingerprint density at radius 3 is 2.33 bits per heavy atom. The van der Waals surface area contributed by atoms with Crippen molar-refractivity contribution >= 4 is 11.0 Å². The zero-order valence-corrected chi connectivity index (χ0v) is 13.8. The van der Waals surface area contributed by atoms with Gasteiger partial charge < -0.3 is 13.9 Å². The third kappa shape index (κ3) is 3.59. The molecular formula is C20H20O4. The van der Waals surface area contributed by atoms with Gasteiger partial charge >= 0.3 is 0 Å². The van der Waals surface area contributed by atoms with Crippen molar-refractivity contribution in [3.8, 4) is 17.4 Å². The number of benzene rings is 2. The summed E-state index contributed by atoms with van der Waals surface area (Å²) in [6.07, 6.45) is 2.16. The van der Waals surface area contributed by atoms with E-state index in [0.29, 0.717) is 16.7 Å². The number of para-hydroxylation sites is 1. The number of hydrogen-bond donors (Lipinski definition) is 0. The minimum absolute atomic E-state index is 0.125. The molecule has 0 spiro atoms. The molecule has 124 valence electrons. The monoisotopic (exact) mass is 324 g/mol. The molecular weight excluding hydrogens is 304 g/mol. The topological polar surface area (TPSA) is 48.7 Å². The molecule has 1 heterocycles. The average Bonchev–Trinajstić information content (AvgIpc) is 2.61. The SMILES string of the molecule is CCC(CC)Oc1ccc(Oc2cc(=O)c3ccccc3o2)cc1. The van der Waals surface area contributed by atoms with Crippen LogP contribution in [0, 0.1) is 0 Å². The molecule has 3 aromatic rings. The molecule has 4 heteroatoms. The zero-order valence-electron chi connectivity index (χ0n) is 13.8. The van der Waals surface area contributed by atoms with Gasteiger partial charge in [0.2, 0.25) is 0 Å². The summed E-state index contributed by atoms with van der Waals surface area (Å²) in [5.41, 5.74) is 0.384. The lowest BCUT2D eigenvalue weighted by molar-refractivity contribution is 0.192. The predicted molar refractivity (Wildman–Crippen MR) is 94.0 cm³/mol. The van der Waals surface area contributed by atoms with E-state index >= 15 is 0 Å². The van der Waals surface area contributed by atoms with E-state index in [-0.39, 0.29) is 17.5 Å². The van der Waals surface area contributed by atoms with E-state index in [2.05, 4.69) is 13.8 Å². The van der Waals surface area contributed by atoms with Gasteiger partial charge in [0.05, 0.1) is 17.6 Å². The first-order valence-electron chi connectivity index (χ1n) is 8.17. The molecule has 0 atom stereocenters. The summed E-state index contributed by atoms with van der Waals surface area (Å²) in [5, 5.41) is 0.541. The molecule has 0 radical (unpaired) electrons. The molecule has 2 aromatic carbocycles. The Bertz CT molecular complexity index is 861. The van der Waals surface area contributed by atoms with Crippen molar-refractivity contribution in [1.29, 1.82) is 0 Å². The fourth-order valence-corrected chi connectivity index (χ4v) is 2.48. The first-order valence-corrected chi connectivity index (χ1v) is 8.17. The average molecular weight is 324 g/mol. The first-order chi connectivity index (χ1) is 11.7. The van der Waals surface area contributed by atoms with Crippen LogP contribution in [0.4, 0.5) is 0 Å². The summed E-state index contributed by atoms with van der Waals surface area (Å²) in [4.78, 5) is 12.1. The van der Waals surface area contributed by atoms with Gasteiger partial charge in [0, 0.05) is 0 Å². The van der Waals surface area contributed by atoms with Crippen LogP contribution in [0.25, 0.3) is 11.0 Å². The fourth-order valence-electron chi connectivity index (χ4n) is 2.48. The van der Waals surface area contributed by atoms with E-state index in [1.54, 1.807) is 30.3 Å². The summed E-state index contributed by atoms with van der Waals surface area (Å²) < 4.78 is 17.1. The summed E-state index contributed by atoms with van der Waals surface area (Å²) in [7, 11) is 0. The second-order valence-corrected chi connectivity index (χ2v) is 5.56. The first kappa shape index (κ1) is 16.1. The van der Waals surface area contributed by atoms with Gasteiger partial charge in [0.15, 0.2) is 5.43 Å². The van der Waals surface area contributed by atoms with Crippen molar-refractivity contribution in [3.05, 3.63) is 64.8 Å². The normalized spacial score (nSPS) is 11.0. The number of hydrogen-bond acceptors (Lipinski definition) is 4. The van der Waals surface area contributed by atoms with Crippen LogP contribution in [0.5, 0.6) is 17.4 Å². The molecule has 0 N–H and O–H groups in total. The van der Waals surface area contributed by atoms with E-state index < -0.39 is 0 Å². The van der Waals surface area contributed by atoms with E-state index in [0.717, 1.165) is 18.6 Å². The Morgan fingerprint density at radius 1 is 0.958 bits per heavy atom. The Morgan fingerprint density at radius 2 is 1.62 bits per heavy atom. The third-order valence-corrected chi connectivity index (χ3v) is 3.87. The maximum Gasteiger partial charge on any atom is 0.294 e. The quantitative estimate of drug-likeness (QED) is 0.629. The van der Waals surface area contributed by atoms with E-state index in [1.165, 1.54) is 6.07 Å². The highest BCUT2D eigenvalue weighted by Crippen LogP contribution is 2.26. The lowest BCUT2D eigenvalue weighted by atomic mass is 10.2. The smallest absolute Gasteiger partial charge is 0.294 e. The van der Waals surface area contributed by atoms with Gasteiger partial charge in [-0.25, -0.2) is 0 Å². The Balaban J connectivity index is 1.78. The van der Waals surface area contributed by atoms with E-state index in [1.807, 2.05) is 18.2 Å². The molecule has 0 unspecified atom stereocenters. The van der Waals surface area contributed by atoms with Gasteiger partial charge in [-0.15, -0.1) is 0 Å². The van der Waals surface area contributed by atoms with Crippen molar-refractivity contribution in [2.75, 3.05) is 0 Å². The summed E-state index contributed by atoms with van der Waals surface area (Å²) in [6, 6.07) is 15.8. The molecule has 0 bridgehead atoms. The standard InChI is InChI=1S/C20H20O4/c1-3-14(4-2)22-15-9-11-16(12-10-15)23-20-13-18(21)17-7-5-6-8-19(17)24-20/h5-14H,3-4H2,1-2H3. The van der Waals surface area contributed by atoms with Gasteiger partial charge in [-0.3, -0.25) is 4.79 Å². The molecule has 0 saturated carbocycles. The van der Waals surface area contributed by atoms with Crippen molar-refractivity contribution in [2.45, 2.75) is 32.8 Å². The Labute approximate surface area is 140 Å². The lowest BCUT2D eigenvalue weighted by Gasteiger charge is -2.15. The number of rotatable bonds is 6. The van der Waals surface area contributed by atoms with Crippen molar-refractivity contribution in [2.24, 2.45) is 0 Å². The minimum atomic E-state index is -0.125. The van der Waals surface area contributed by atoms with Gasteiger partial charge in [-0.1, -0.05) is 26.0 Å². The highest BCUT2D eigenvalue weighted by molar-refractivity contribution is 5.76. The minimum Gasteiger partial charge on any atom is -0.490 e. The molecule has 3 rings (SSSR count). The second kappa shape index (κ2) is 7.21. The van der Waals surface area contributed by atoms with Crippen molar-refractivity contribution in [1.82, 2.24) is 0 Å². The highest BCUT2D eigenvalue weighted by Gasteiger charge is 2.08. The molecule has 0 saturated heterocycles. The van der Waals surface area contributed by atoms with Gasteiger partial charge in [0.1, 0.15) is 17.1 Å². The van der Waals surface area contributed by atoms with Gasteiger partial charge in [0.25, 0.3) is 5.95 Å². The second-order valence-electron chi connectivity index (χ2n) is 5.56. The van der Waals surface area contributed by atoms with Gasteiger partial charge in [-0.05, 0) is 49.2 Å². The lowest BCUT2D eigenvalue weighted by Crippen LogP contribution is -2.13. The molecule has 1 aromatic heterocycles. The molecule has 0 aliphatic heterocycles. The number of fused-ring (bicyclic) bond motifs is 1. The molecule has 4 nitrogen and oxygen atoms in total. The largest absolute Gasteiger partial charge is 0.490 e. The van der Waals surface area contributed by atoms with Crippen LogP contribution in [0.3, 0.4) is 0 Å². The molecule has 0 aliphatic rings. The van der Waals surface area contributed by atoms with Crippen molar-refractivity contribution < 1.29 is 13.9 Å². The van der Waals surface area contributed by atoms with Gasteiger partial charge in [-0.2, -0.15) is 0 Å². The number of ether oxygens (including phenoxy) is 2. The van der Waals surface area contributed by atoms with Crippen LogP contribution >= 0.6 is 0 Å². The molecule has 0 amide bonds. The molecule has 0 fully saturated rings. The molecule has 24 heavy (non-hydrogen) atoms. The fraction of sp³-hybridized carbons (Fsp3) is 0.250.